The molecule has 0 amide bonds. The van der Waals surface area contributed by atoms with Crippen molar-refractivity contribution in [2.75, 3.05) is 0 Å². The Hall–Kier alpha value is -1.62. The van der Waals surface area contributed by atoms with Crippen LogP contribution in [0.1, 0.15) is 23.5 Å². The molecule has 0 bridgehead atoms. The van der Waals surface area contributed by atoms with Gasteiger partial charge in [-0.25, -0.2) is 0 Å². The molecule has 2 heteroatoms. The molecule has 2 atom stereocenters. The number of benzene rings is 1. The Bertz CT molecular complexity index is 361. The number of aldehydes is 1. The third-order valence-corrected chi connectivity index (χ3v) is 2.48. The van der Waals surface area contributed by atoms with Crippen molar-refractivity contribution in [2.24, 2.45) is 5.92 Å². The Kier molecular flexibility index (Phi) is 1.86. The van der Waals surface area contributed by atoms with E-state index in [1.165, 1.54) is 5.56 Å². The lowest BCUT2D eigenvalue weighted by Gasteiger charge is -1.96. The van der Waals surface area contributed by atoms with Crippen LogP contribution in [0, 0.1) is 17.2 Å². The number of carbonyl (C=O) groups is 1. The minimum atomic E-state index is 0.216. The molecule has 0 heterocycles. The van der Waals surface area contributed by atoms with Crippen LogP contribution in [0.3, 0.4) is 0 Å². The maximum Gasteiger partial charge on any atom is 0.123 e. The molecule has 0 N–H and O–H groups in total. The van der Waals surface area contributed by atoms with Crippen LogP contribution in [0.4, 0.5) is 0 Å². The molecule has 2 unspecified atom stereocenters. The lowest BCUT2D eigenvalue weighted by atomic mass is 10.1. The van der Waals surface area contributed by atoms with E-state index in [9.17, 15) is 4.79 Å². The van der Waals surface area contributed by atoms with Crippen molar-refractivity contribution in [1.29, 1.82) is 5.26 Å². The standard InChI is InChI=1S/C11H9NO/c12-6-8-1-3-9(4-2-8)11-5-10(11)7-13/h1-4,7,10-11H,5H2. The topological polar surface area (TPSA) is 40.9 Å². The maximum atomic E-state index is 10.4. The van der Waals surface area contributed by atoms with Gasteiger partial charge in [-0.1, -0.05) is 12.1 Å². The molecule has 0 spiro atoms. The van der Waals surface area contributed by atoms with Crippen molar-refractivity contribution in [1.82, 2.24) is 0 Å². The highest BCUT2D eigenvalue weighted by molar-refractivity contribution is 5.61. The smallest absolute Gasteiger partial charge is 0.123 e. The number of carbonyl (C=O) groups excluding carboxylic acids is 1. The van der Waals surface area contributed by atoms with Crippen LogP contribution in [0.5, 0.6) is 0 Å². The fraction of sp³-hybridized carbons (Fsp3) is 0.273. The molecule has 1 aliphatic carbocycles. The van der Waals surface area contributed by atoms with E-state index in [0.717, 1.165) is 12.7 Å². The van der Waals surface area contributed by atoms with Gasteiger partial charge in [0.15, 0.2) is 0 Å². The summed E-state index contributed by atoms with van der Waals surface area (Å²) in [5.74, 6) is 0.623. The molecule has 1 aromatic carbocycles. The van der Waals surface area contributed by atoms with Gasteiger partial charge in [-0.3, -0.25) is 0 Å². The average molecular weight is 171 g/mol. The molecule has 0 radical (unpaired) electrons. The summed E-state index contributed by atoms with van der Waals surface area (Å²) in [5, 5.41) is 8.57. The van der Waals surface area contributed by atoms with Crippen LogP contribution in [0.25, 0.3) is 0 Å². The normalized spacial score (nSPS) is 24.8. The zero-order valence-corrected chi connectivity index (χ0v) is 7.10. The molecule has 0 saturated heterocycles. The fourth-order valence-electron chi connectivity index (χ4n) is 1.55. The van der Waals surface area contributed by atoms with Crippen molar-refractivity contribution < 1.29 is 4.79 Å². The summed E-state index contributed by atoms with van der Waals surface area (Å²) in [6, 6.07) is 9.55. The van der Waals surface area contributed by atoms with Crippen molar-refractivity contribution in [3.05, 3.63) is 35.4 Å². The Morgan fingerprint density at radius 1 is 1.38 bits per heavy atom. The van der Waals surface area contributed by atoms with Gasteiger partial charge in [0.25, 0.3) is 0 Å². The minimum absolute atomic E-state index is 0.216. The highest BCUT2D eigenvalue weighted by Crippen LogP contribution is 2.45. The van der Waals surface area contributed by atoms with E-state index in [4.69, 9.17) is 5.26 Å². The van der Waals surface area contributed by atoms with E-state index in [0.29, 0.717) is 11.5 Å². The largest absolute Gasteiger partial charge is 0.303 e. The zero-order valence-electron chi connectivity index (χ0n) is 7.10. The molecule has 64 valence electrons. The number of hydrogen-bond donors (Lipinski definition) is 0. The first-order valence-electron chi connectivity index (χ1n) is 4.30. The van der Waals surface area contributed by atoms with Gasteiger partial charge in [-0.2, -0.15) is 5.26 Å². The highest BCUT2D eigenvalue weighted by Gasteiger charge is 2.37. The molecule has 1 aromatic rings. The second-order valence-corrected chi connectivity index (χ2v) is 3.38. The lowest BCUT2D eigenvalue weighted by molar-refractivity contribution is -0.108. The van der Waals surface area contributed by atoms with Crippen LogP contribution in [0.2, 0.25) is 0 Å². The second-order valence-electron chi connectivity index (χ2n) is 3.38. The van der Waals surface area contributed by atoms with Crippen LogP contribution in [0.15, 0.2) is 24.3 Å². The third kappa shape index (κ3) is 1.46. The Morgan fingerprint density at radius 3 is 2.54 bits per heavy atom. The predicted octanol–water partition coefficient (Wildman–Crippen LogP) is 1.86. The quantitative estimate of drug-likeness (QED) is 0.637. The average Bonchev–Trinajstić information content (AvgIpc) is 2.97. The van der Waals surface area contributed by atoms with Gasteiger partial charge in [-0.05, 0) is 30.0 Å². The SMILES string of the molecule is N#Cc1ccc(C2CC2C=O)cc1. The summed E-state index contributed by atoms with van der Waals surface area (Å²) in [4.78, 5) is 10.4. The van der Waals surface area contributed by atoms with E-state index in [1.54, 1.807) is 12.1 Å². The highest BCUT2D eigenvalue weighted by atomic mass is 16.1. The number of hydrogen-bond acceptors (Lipinski definition) is 2. The Labute approximate surface area is 76.8 Å². The first kappa shape index (κ1) is 8.00. The van der Waals surface area contributed by atoms with Gasteiger partial charge in [0.05, 0.1) is 11.6 Å². The molecule has 1 aliphatic rings. The van der Waals surface area contributed by atoms with Crippen molar-refractivity contribution in [3.8, 4) is 6.07 Å². The summed E-state index contributed by atoms with van der Waals surface area (Å²) in [6.07, 6.45) is 1.98. The molecule has 2 nitrogen and oxygen atoms in total. The van der Waals surface area contributed by atoms with E-state index in [1.807, 2.05) is 12.1 Å². The number of nitriles is 1. The molecule has 0 aromatic heterocycles. The molecule has 0 aliphatic heterocycles. The van der Waals surface area contributed by atoms with E-state index in [2.05, 4.69) is 6.07 Å². The van der Waals surface area contributed by atoms with Gasteiger partial charge in [0, 0.05) is 5.92 Å². The Morgan fingerprint density at radius 2 is 2.08 bits per heavy atom. The molecule has 1 fully saturated rings. The predicted molar refractivity (Wildman–Crippen MR) is 48.1 cm³/mol. The van der Waals surface area contributed by atoms with Gasteiger partial charge in [-0.15, -0.1) is 0 Å². The van der Waals surface area contributed by atoms with Crippen LogP contribution >= 0.6 is 0 Å². The summed E-state index contributed by atoms with van der Waals surface area (Å²) >= 11 is 0. The van der Waals surface area contributed by atoms with Gasteiger partial charge < -0.3 is 4.79 Å². The van der Waals surface area contributed by atoms with Gasteiger partial charge in [0.2, 0.25) is 0 Å². The monoisotopic (exact) mass is 171 g/mol. The van der Waals surface area contributed by atoms with Crippen LogP contribution in [-0.2, 0) is 4.79 Å². The number of nitrogens with zero attached hydrogens (tertiary/aromatic N) is 1. The van der Waals surface area contributed by atoms with Crippen LogP contribution < -0.4 is 0 Å². The maximum absolute atomic E-state index is 10.4. The van der Waals surface area contributed by atoms with E-state index < -0.39 is 0 Å². The van der Waals surface area contributed by atoms with E-state index in [-0.39, 0.29) is 5.92 Å². The molecule has 2 rings (SSSR count). The summed E-state index contributed by atoms with van der Waals surface area (Å²) < 4.78 is 0. The number of rotatable bonds is 2. The first-order chi connectivity index (χ1) is 6.35. The van der Waals surface area contributed by atoms with Crippen molar-refractivity contribution in [2.45, 2.75) is 12.3 Å². The van der Waals surface area contributed by atoms with Gasteiger partial charge in [0.1, 0.15) is 6.29 Å². The zero-order chi connectivity index (χ0) is 9.26. The van der Waals surface area contributed by atoms with Crippen LogP contribution in [-0.4, -0.2) is 6.29 Å². The molecule has 1 saturated carbocycles. The van der Waals surface area contributed by atoms with E-state index >= 15 is 0 Å². The lowest BCUT2D eigenvalue weighted by Crippen LogP contribution is -1.84. The Balaban J connectivity index is 2.16. The minimum Gasteiger partial charge on any atom is -0.303 e. The first-order valence-corrected chi connectivity index (χ1v) is 4.30. The summed E-state index contributed by atoms with van der Waals surface area (Å²) in [6.45, 7) is 0. The fourth-order valence-corrected chi connectivity index (χ4v) is 1.55. The van der Waals surface area contributed by atoms with Crippen molar-refractivity contribution >= 4 is 6.29 Å². The summed E-state index contributed by atoms with van der Waals surface area (Å²) in [5.41, 5.74) is 1.85. The molecular weight excluding hydrogens is 162 g/mol. The third-order valence-electron chi connectivity index (χ3n) is 2.48. The molecule has 13 heavy (non-hydrogen) atoms. The second kappa shape index (κ2) is 3.02. The van der Waals surface area contributed by atoms with Gasteiger partial charge >= 0.3 is 0 Å². The molecular formula is C11H9NO. The van der Waals surface area contributed by atoms with Crippen molar-refractivity contribution in [3.63, 3.8) is 0 Å². The summed E-state index contributed by atoms with van der Waals surface area (Å²) in [7, 11) is 0.